The number of hydrogen-bond acceptors (Lipinski definition) is 6. The maximum atomic E-state index is 12.3. The van der Waals surface area contributed by atoms with Gasteiger partial charge in [-0.2, -0.15) is 0 Å². The summed E-state index contributed by atoms with van der Waals surface area (Å²) in [6.07, 6.45) is 1.72. The second kappa shape index (κ2) is 6.88. The van der Waals surface area contributed by atoms with Gasteiger partial charge in [0.2, 0.25) is 5.16 Å². The minimum atomic E-state index is -0.103. The van der Waals surface area contributed by atoms with Crippen LogP contribution in [0.2, 0.25) is 0 Å². The van der Waals surface area contributed by atoms with E-state index in [-0.39, 0.29) is 5.56 Å². The third-order valence-corrected chi connectivity index (χ3v) is 5.24. The van der Waals surface area contributed by atoms with E-state index in [0.29, 0.717) is 28.1 Å². The maximum Gasteiger partial charge on any atom is 0.258 e. The zero-order valence-corrected chi connectivity index (χ0v) is 15.8. The molecule has 0 saturated heterocycles. The van der Waals surface area contributed by atoms with Crippen LogP contribution >= 0.6 is 11.8 Å². The molecule has 3 aromatic heterocycles. The number of aryl methyl sites for hydroxylation is 2. The average Bonchev–Trinajstić information content (AvgIpc) is 3.02. The van der Waals surface area contributed by atoms with Crippen LogP contribution in [0.3, 0.4) is 0 Å². The smallest absolute Gasteiger partial charge is 0.258 e. The van der Waals surface area contributed by atoms with Gasteiger partial charge in [-0.05, 0) is 25.5 Å². The topological polar surface area (TPSA) is 91.1 Å². The van der Waals surface area contributed by atoms with Crippen molar-refractivity contribution in [2.75, 3.05) is 5.84 Å². The first-order chi connectivity index (χ1) is 13.0. The Balaban J connectivity index is 1.59. The highest BCUT2D eigenvalue weighted by Gasteiger charge is 2.13. The molecule has 0 bridgehead atoms. The van der Waals surface area contributed by atoms with Gasteiger partial charge in [-0.1, -0.05) is 47.7 Å². The number of aromatic nitrogens is 5. The lowest BCUT2D eigenvalue weighted by molar-refractivity contribution is 0.848. The maximum absolute atomic E-state index is 12.3. The van der Waals surface area contributed by atoms with Gasteiger partial charge < -0.3 is 5.84 Å². The molecule has 136 valence electrons. The Morgan fingerprint density at radius 2 is 1.89 bits per heavy atom. The Kier molecular flexibility index (Phi) is 4.41. The number of thioether (sulfide) groups is 1. The molecule has 2 N–H and O–H groups in total. The van der Waals surface area contributed by atoms with Crippen molar-refractivity contribution in [2.45, 2.75) is 24.8 Å². The molecular weight excluding hydrogens is 360 g/mol. The number of nitrogens with two attached hydrogens (primary N) is 1. The molecule has 0 aliphatic rings. The Bertz CT molecular complexity index is 1180. The van der Waals surface area contributed by atoms with E-state index in [1.807, 2.05) is 50.2 Å². The fourth-order valence-corrected chi connectivity index (χ4v) is 3.55. The minimum Gasteiger partial charge on any atom is -0.335 e. The summed E-state index contributed by atoms with van der Waals surface area (Å²) < 4.78 is 3.01. The van der Waals surface area contributed by atoms with E-state index < -0.39 is 0 Å². The number of hydrogen-bond donors (Lipinski definition) is 1. The van der Waals surface area contributed by atoms with E-state index in [4.69, 9.17) is 5.84 Å². The first-order valence-corrected chi connectivity index (χ1v) is 9.40. The van der Waals surface area contributed by atoms with Crippen molar-refractivity contribution in [3.8, 4) is 11.4 Å². The summed E-state index contributed by atoms with van der Waals surface area (Å²) in [4.78, 5) is 16.9. The Morgan fingerprint density at radius 3 is 2.67 bits per heavy atom. The lowest BCUT2D eigenvalue weighted by Crippen LogP contribution is -2.16. The Hall–Kier alpha value is -3.13. The van der Waals surface area contributed by atoms with E-state index in [1.54, 1.807) is 10.6 Å². The van der Waals surface area contributed by atoms with Crippen molar-refractivity contribution in [3.63, 3.8) is 0 Å². The zero-order chi connectivity index (χ0) is 19.0. The summed E-state index contributed by atoms with van der Waals surface area (Å²) in [7, 11) is 0. The van der Waals surface area contributed by atoms with Crippen molar-refractivity contribution in [2.24, 2.45) is 0 Å². The summed E-state index contributed by atoms with van der Waals surface area (Å²) in [5.41, 5.74) is 4.26. The van der Waals surface area contributed by atoms with Gasteiger partial charge in [0.25, 0.3) is 5.56 Å². The monoisotopic (exact) mass is 378 g/mol. The third kappa shape index (κ3) is 3.31. The van der Waals surface area contributed by atoms with Crippen LogP contribution in [-0.4, -0.2) is 24.3 Å². The third-order valence-electron chi connectivity index (χ3n) is 4.26. The van der Waals surface area contributed by atoms with E-state index in [2.05, 4.69) is 15.2 Å². The number of benzene rings is 1. The van der Waals surface area contributed by atoms with E-state index in [0.717, 1.165) is 11.1 Å². The van der Waals surface area contributed by atoms with Crippen LogP contribution in [0.5, 0.6) is 0 Å². The van der Waals surface area contributed by atoms with Gasteiger partial charge >= 0.3 is 0 Å². The molecule has 0 unspecified atom stereocenters. The number of fused-ring (bicyclic) bond motifs is 1. The van der Waals surface area contributed by atoms with Gasteiger partial charge in [0, 0.05) is 23.6 Å². The zero-order valence-electron chi connectivity index (χ0n) is 15.0. The van der Waals surface area contributed by atoms with Crippen LogP contribution in [0.1, 0.15) is 16.8 Å². The SMILES string of the molecule is Cc1ccc(-c2nnc(SCc3cc(=O)n4cccc(C)c4n3)n2N)cc1. The van der Waals surface area contributed by atoms with Gasteiger partial charge in [-0.3, -0.25) is 9.20 Å². The van der Waals surface area contributed by atoms with Crippen molar-refractivity contribution in [1.82, 2.24) is 24.3 Å². The summed E-state index contributed by atoms with van der Waals surface area (Å²) in [5.74, 6) is 7.24. The molecule has 4 aromatic rings. The van der Waals surface area contributed by atoms with Crippen LogP contribution in [0, 0.1) is 13.8 Å². The molecule has 0 fully saturated rings. The van der Waals surface area contributed by atoms with E-state index in [9.17, 15) is 4.79 Å². The van der Waals surface area contributed by atoms with Crippen LogP contribution in [0.25, 0.3) is 17.0 Å². The predicted molar refractivity (Wildman–Crippen MR) is 106 cm³/mol. The van der Waals surface area contributed by atoms with E-state index >= 15 is 0 Å². The lowest BCUT2D eigenvalue weighted by atomic mass is 10.1. The predicted octanol–water partition coefficient (Wildman–Crippen LogP) is 2.58. The Labute approximate surface area is 159 Å². The van der Waals surface area contributed by atoms with Gasteiger partial charge in [0.1, 0.15) is 5.65 Å². The second-order valence-corrected chi connectivity index (χ2v) is 7.24. The van der Waals surface area contributed by atoms with Crippen molar-refractivity contribution in [1.29, 1.82) is 0 Å². The molecule has 0 aliphatic carbocycles. The fraction of sp³-hybridized carbons (Fsp3) is 0.158. The average molecular weight is 378 g/mol. The highest BCUT2D eigenvalue weighted by atomic mass is 32.2. The molecule has 0 spiro atoms. The molecule has 1 aromatic carbocycles. The molecule has 27 heavy (non-hydrogen) atoms. The summed E-state index contributed by atoms with van der Waals surface area (Å²) in [5, 5.41) is 8.93. The quantitative estimate of drug-likeness (QED) is 0.433. The molecule has 3 heterocycles. The van der Waals surface area contributed by atoms with Crippen LogP contribution < -0.4 is 11.4 Å². The normalized spacial score (nSPS) is 11.2. The van der Waals surface area contributed by atoms with Crippen LogP contribution in [0.4, 0.5) is 0 Å². The number of rotatable bonds is 4. The summed E-state index contributed by atoms with van der Waals surface area (Å²) in [6.45, 7) is 3.96. The molecule has 4 rings (SSSR count). The van der Waals surface area contributed by atoms with Crippen LogP contribution in [-0.2, 0) is 5.75 Å². The molecular formula is C19H18N6OS. The summed E-state index contributed by atoms with van der Waals surface area (Å²) in [6, 6.07) is 13.2. The first kappa shape index (κ1) is 17.3. The standard InChI is InChI=1S/C19H18N6OS/c1-12-5-7-14(8-6-12)18-22-23-19(25(18)20)27-11-15-10-16(26)24-9-3-4-13(2)17(24)21-15/h3-10H,11,20H2,1-2H3. The van der Waals surface area contributed by atoms with Crippen LogP contribution in [0.15, 0.2) is 58.6 Å². The molecule has 0 saturated carbocycles. The highest BCUT2D eigenvalue weighted by molar-refractivity contribution is 7.98. The fourth-order valence-electron chi connectivity index (χ4n) is 2.80. The number of nitrogens with zero attached hydrogens (tertiary/aromatic N) is 5. The number of nitrogen functional groups attached to an aromatic ring is 1. The second-order valence-electron chi connectivity index (χ2n) is 6.30. The Morgan fingerprint density at radius 1 is 1.11 bits per heavy atom. The largest absolute Gasteiger partial charge is 0.335 e. The highest BCUT2D eigenvalue weighted by Crippen LogP contribution is 2.24. The van der Waals surface area contributed by atoms with Gasteiger partial charge in [0.05, 0.1) is 5.69 Å². The van der Waals surface area contributed by atoms with Gasteiger partial charge in [0.15, 0.2) is 5.82 Å². The first-order valence-electron chi connectivity index (χ1n) is 8.41. The molecule has 8 heteroatoms. The number of pyridine rings is 1. The molecule has 7 nitrogen and oxygen atoms in total. The summed E-state index contributed by atoms with van der Waals surface area (Å²) >= 11 is 1.40. The minimum absolute atomic E-state index is 0.103. The molecule has 0 aliphatic heterocycles. The van der Waals surface area contributed by atoms with Crippen molar-refractivity contribution >= 4 is 17.4 Å². The molecule has 0 radical (unpaired) electrons. The molecule has 0 atom stereocenters. The van der Waals surface area contributed by atoms with E-state index in [1.165, 1.54) is 28.1 Å². The van der Waals surface area contributed by atoms with Crippen molar-refractivity contribution < 1.29 is 0 Å². The molecule has 0 amide bonds. The van der Waals surface area contributed by atoms with Gasteiger partial charge in [-0.15, -0.1) is 10.2 Å². The van der Waals surface area contributed by atoms with Gasteiger partial charge in [-0.25, -0.2) is 9.66 Å². The lowest BCUT2D eigenvalue weighted by Gasteiger charge is -2.06. The van der Waals surface area contributed by atoms with Crippen molar-refractivity contribution in [3.05, 3.63) is 75.8 Å².